The summed E-state index contributed by atoms with van der Waals surface area (Å²) in [5.41, 5.74) is 2.93. The van der Waals surface area contributed by atoms with Crippen LogP contribution >= 0.6 is 0 Å². The molecule has 22 heavy (non-hydrogen) atoms. The van der Waals surface area contributed by atoms with E-state index in [0.717, 1.165) is 43.3 Å². The van der Waals surface area contributed by atoms with Gasteiger partial charge in [0, 0.05) is 12.8 Å². The lowest BCUT2D eigenvalue weighted by Crippen LogP contribution is -2.05. The van der Waals surface area contributed by atoms with Crippen LogP contribution in [0.1, 0.15) is 65.2 Å². The summed E-state index contributed by atoms with van der Waals surface area (Å²) < 4.78 is 4.60. The first kappa shape index (κ1) is 18.6. The lowest BCUT2D eigenvalue weighted by Gasteiger charge is -2.08. The third-order valence-electron chi connectivity index (χ3n) is 4.02. The molecule has 1 aliphatic carbocycles. The number of carbonyl (C=O) groups excluding carboxylic acids is 2. The van der Waals surface area contributed by atoms with Gasteiger partial charge in [-0.1, -0.05) is 24.5 Å². The third kappa shape index (κ3) is 6.14. The van der Waals surface area contributed by atoms with Gasteiger partial charge in [-0.05, 0) is 50.7 Å². The van der Waals surface area contributed by atoms with Crippen LogP contribution in [0.3, 0.4) is 0 Å². The van der Waals surface area contributed by atoms with Crippen molar-refractivity contribution in [3.8, 4) is 0 Å². The largest absolute Gasteiger partial charge is 0.469 e. The number of aliphatic hydroxyl groups excluding tert-OH is 1. The highest BCUT2D eigenvalue weighted by Gasteiger charge is 2.29. The van der Waals surface area contributed by atoms with Crippen LogP contribution < -0.4 is 0 Å². The predicted octanol–water partition coefficient (Wildman–Crippen LogP) is 3.49. The first-order chi connectivity index (χ1) is 10.5. The Morgan fingerprint density at radius 2 is 1.95 bits per heavy atom. The summed E-state index contributed by atoms with van der Waals surface area (Å²) in [4.78, 5) is 23.0. The minimum absolute atomic E-state index is 0.0965. The van der Waals surface area contributed by atoms with E-state index >= 15 is 0 Å². The fourth-order valence-electron chi connectivity index (χ4n) is 2.70. The molecule has 1 unspecified atom stereocenters. The smallest absolute Gasteiger partial charge is 0.305 e. The molecule has 4 heteroatoms. The van der Waals surface area contributed by atoms with E-state index in [1.807, 2.05) is 13.8 Å². The molecule has 124 valence electrons. The van der Waals surface area contributed by atoms with E-state index in [4.69, 9.17) is 0 Å². The fourth-order valence-corrected chi connectivity index (χ4v) is 2.70. The molecule has 1 rings (SSSR count). The number of ketones is 1. The molecule has 1 atom stereocenters. The second-order valence-corrected chi connectivity index (χ2v) is 6.12. The summed E-state index contributed by atoms with van der Waals surface area (Å²) in [6.07, 6.45) is 7.27. The average molecular weight is 308 g/mol. The predicted molar refractivity (Wildman–Crippen MR) is 86.4 cm³/mol. The molecular formula is C18H28O4. The standard InChI is InChI=1S/C18H28O4/c1-13(2)10-11-15-14(16(19)12-17(15)20)8-6-4-5-7-9-18(21)22-3/h10,17,20H,4-9,11-12H2,1-3H3. The summed E-state index contributed by atoms with van der Waals surface area (Å²) in [6.45, 7) is 4.04. The van der Waals surface area contributed by atoms with Gasteiger partial charge in [0.2, 0.25) is 0 Å². The molecule has 0 spiro atoms. The van der Waals surface area contributed by atoms with Crippen molar-refractivity contribution in [1.29, 1.82) is 0 Å². The van der Waals surface area contributed by atoms with Crippen molar-refractivity contribution >= 4 is 11.8 Å². The number of Topliss-reactive ketones (excluding diaryl/α,β-unsaturated/α-hetero) is 1. The monoisotopic (exact) mass is 308 g/mol. The maximum atomic E-state index is 12.0. The third-order valence-corrected chi connectivity index (χ3v) is 4.02. The van der Waals surface area contributed by atoms with Crippen molar-refractivity contribution in [2.45, 2.75) is 71.3 Å². The molecule has 0 saturated carbocycles. The molecule has 4 nitrogen and oxygen atoms in total. The average Bonchev–Trinajstić information content (AvgIpc) is 2.73. The van der Waals surface area contributed by atoms with Crippen LogP contribution in [0.25, 0.3) is 0 Å². The van der Waals surface area contributed by atoms with Gasteiger partial charge in [-0.2, -0.15) is 0 Å². The molecular weight excluding hydrogens is 280 g/mol. The Kier molecular flexibility index (Phi) is 8.10. The molecule has 0 aromatic rings. The summed E-state index contributed by atoms with van der Waals surface area (Å²) in [7, 11) is 1.40. The second kappa shape index (κ2) is 9.57. The molecule has 1 N–H and O–H groups in total. The van der Waals surface area contributed by atoms with Gasteiger partial charge >= 0.3 is 5.97 Å². The zero-order chi connectivity index (χ0) is 16.5. The van der Waals surface area contributed by atoms with E-state index in [0.29, 0.717) is 12.8 Å². The first-order valence-electron chi connectivity index (χ1n) is 8.09. The molecule has 1 aliphatic rings. The molecule has 0 aromatic carbocycles. The van der Waals surface area contributed by atoms with E-state index in [2.05, 4.69) is 10.8 Å². The van der Waals surface area contributed by atoms with Crippen molar-refractivity contribution < 1.29 is 19.4 Å². The number of hydrogen-bond acceptors (Lipinski definition) is 4. The topological polar surface area (TPSA) is 63.6 Å². The van der Waals surface area contributed by atoms with E-state index in [-0.39, 0.29) is 18.2 Å². The van der Waals surface area contributed by atoms with E-state index in [9.17, 15) is 14.7 Å². The fraction of sp³-hybridized carbons (Fsp3) is 0.667. The number of esters is 1. The highest BCUT2D eigenvalue weighted by Crippen LogP contribution is 2.30. The summed E-state index contributed by atoms with van der Waals surface area (Å²) in [5, 5.41) is 10.0. The van der Waals surface area contributed by atoms with Crippen LogP contribution in [0, 0.1) is 0 Å². The zero-order valence-corrected chi connectivity index (χ0v) is 14.0. The van der Waals surface area contributed by atoms with Gasteiger partial charge in [-0.3, -0.25) is 9.59 Å². The molecule has 0 amide bonds. The van der Waals surface area contributed by atoms with Crippen molar-refractivity contribution in [1.82, 2.24) is 0 Å². The molecule has 0 saturated heterocycles. The van der Waals surface area contributed by atoms with Gasteiger partial charge in [-0.25, -0.2) is 0 Å². The minimum Gasteiger partial charge on any atom is -0.469 e. The summed E-state index contributed by atoms with van der Waals surface area (Å²) in [5.74, 6) is -0.0694. The van der Waals surface area contributed by atoms with Gasteiger partial charge in [-0.15, -0.1) is 0 Å². The molecule has 0 aliphatic heterocycles. The highest BCUT2D eigenvalue weighted by molar-refractivity contribution is 5.99. The number of unbranched alkanes of at least 4 members (excludes halogenated alkanes) is 3. The number of aliphatic hydroxyl groups is 1. The van der Waals surface area contributed by atoms with E-state index in [1.165, 1.54) is 12.7 Å². The zero-order valence-electron chi connectivity index (χ0n) is 14.0. The number of carbonyl (C=O) groups is 2. The van der Waals surface area contributed by atoms with Crippen LogP contribution in [-0.2, 0) is 14.3 Å². The van der Waals surface area contributed by atoms with Crippen LogP contribution in [0.15, 0.2) is 22.8 Å². The molecule has 0 bridgehead atoms. The maximum absolute atomic E-state index is 12.0. The van der Waals surface area contributed by atoms with Crippen molar-refractivity contribution in [2.75, 3.05) is 7.11 Å². The normalized spacial score (nSPS) is 17.8. The second-order valence-electron chi connectivity index (χ2n) is 6.12. The number of ether oxygens (including phenoxy) is 1. The van der Waals surface area contributed by atoms with Gasteiger partial charge in [0.1, 0.15) is 0 Å². The maximum Gasteiger partial charge on any atom is 0.305 e. The van der Waals surface area contributed by atoms with Gasteiger partial charge < -0.3 is 9.84 Å². The number of allylic oxidation sites excluding steroid dienone is 3. The van der Waals surface area contributed by atoms with E-state index in [1.54, 1.807) is 0 Å². The molecule has 0 radical (unpaired) electrons. The Morgan fingerprint density at radius 3 is 2.59 bits per heavy atom. The Balaban J connectivity index is 2.41. The highest BCUT2D eigenvalue weighted by atomic mass is 16.5. The summed E-state index contributed by atoms with van der Waals surface area (Å²) in [6, 6.07) is 0. The van der Waals surface area contributed by atoms with Crippen LogP contribution in [0.5, 0.6) is 0 Å². The minimum atomic E-state index is -0.600. The number of rotatable bonds is 9. The van der Waals surface area contributed by atoms with Gasteiger partial charge in [0.25, 0.3) is 0 Å². The number of methoxy groups -OCH3 is 1. The van der Waals surface area contributed by atoms with Gasteiger partial charge in [0.15, 0.2) is 5.78 Å². The number of hydrogen-bond donors (Lipinski definition) is 1. The van der Waals surface area contributed by atoms with Crippen LogP contribution in [-0.4, -0.2) is 30.1 Å². The molecule has 0 aromatic heterocycles. The van der Waals surface area contributed by atoms with Gasteiger partial charge in [0.05, 0.1) is 13.2 Å². The molecule has 0 heterocycles. The lowest BCUT2D eigenvalue weighted by molar-refractivity contribution is -0.140. The van der Waals surface area contributed by atoms with Crippen LogP contribution in [0.4, 0.5) is 0 Å². The summed E-state index contributed by atoms with van der Waals surface area (Å²) >= 11 is 0. The lowest BCUT2D eigenvalue weighted by atomic mass is 9.99. The Labute approximate surface area is 133 Å². The Morgan fingerprint density at radius 1 is 1.27 bits per heavy atom. The van der Waals surface area contributed by atoms with Crippen LogP contribution in [0.2, 0.25) is 0 Å². The van der Waals surface area contributed by atoms with Crippen molar-refractivity contribution in [2.24, 2.45) is 0 Å². The quantitative estimate of drug-likeness (QED) is 0.402. The first-order valence-corrected chi connectivity index (χ1v) is 8.09. The Bertz CT molecular complexity index is 456. The van der Waals surface area contributed by atoms with Crippen molar-refractivity contribution in [3.63, 3.8) is 0 Å². The SMILES string of the molecule is COC(=O)CCCCCCC1=C(CC=C(C)C)C(O)CC1=O. The van der Waals surface area contributed by atoms with E-state index < -0.39 is 6.10 Å². The van der Waals surface area contributed by atoms with Crippen molar-refractivity contribution in [3.05, 3.63) is 22.8 Å². The molecule has 0 fully saturated rings. The Hall–Kier alpha value is -1.42.